The van der Waals surface area contributed by atoms with Crippen molar-refractivity contribution in [1.29, 1.82) is 0 Å². The lowest BCUT2D eigenvalue weighted by Crippen LogP contribution is -2.37. The molecule has 0 aliphatic carbocycles. The first-order valence-corrected chi connectivity index (χ1v) is 5.58. The minimum Gasteiger partial charge on any atom is -0.392 e. The van der Waals surface area contributed by atoms with Crippen molar-refractivity contribution in [2.24, 2.45) is 0 Å². The Hall–Kier alpha value is -0.570. The molecule has 0 radical (unpaired) electrons. The first kappa shape index (κ1) is 12.5. The maximum Gasteiger partial charge on any atom is 0.0662 e. The highest BCUT2D eigenvalue weighted by Crippen LogP contribution is 2.18. The van der Waals surface area contributed by atoms with Gasteiger partial charge in [-0.1, -0.05) is 23.7 Å². The van der Waals surface area contributed by atoms with Crippen molar-refractivity contribution < 1.29 is 5.11 Å². The number of aliphatic hydroxyl groups excluding tert-OH is 1. The maximum absolute atomic E-state index is 9.38. The van der Waals surface area contributed by atoms with Gasteiger partial charge in [0.2, 0.25) is 0 Å². The van der Waals surface area contributed by atoms with E-state index in [1.54, 1.807) is 6.92 Å². The van der Waals surface area contributed by atoms with Crippen LogP contribution >= 0.6 is 11.6 Å². The van der Waals surface area contributed by atoms with Crippen molar-refractivity contribution in [2.75, 3.05) is 0 Å². The number of nitrogens with one attached hydrogen (secondary N) is 1. The van der Waals surface area contributed by atoms with E-state index in [-0.39, 0.29) is 18.2 Å². The van der Waals surface area contributed by atoms with Crippen LogP contribution in [0.2, 0.25) is 5.02 Å². The second kappa shape index (κ2) is 5.50. The van der Waals surface area contributed by atoms with E-state index in [4.69, 9.17) is 11.6 Å². The number of rotatable bonds is 4. The summed E-state index contributed by atoms with van der Waals surface area (Å²) < 4.78 is 0. The lowest BCUT2D eigenvalue weighted by molar-refractivity contribution is 0.147. The minimum atomic E-state index is -0.355. The average Bonchev–Trinajstić information content (AvgIpc) is 2.17. The third-order valence-corrected chi connectivity index (χ3v) is 2.82. The summed E-state index contributed by atoms with van der Waals surface area (Å²) in [4.78, 5) is 0. The van der Waals surface area contributed by atoms with Crippen LogP contribution in [0, 0.1) is 0 Å². The molecule has 3 atom stereocenters. The Kier molecular flexibility index (Phi) is 4.58. The van der Waals surface area contributed by atoms with Crippen molar-refractivity contribution in [3.63, 3.8) is 0 Å². The predicted molar refractivity (Wildman–Crippen MR) is 64.1 cm³/mol. The van der Waals surface area contributed by atoms with Crippen LogP contribution < -0.4 is 5.32 Å². The third kappa shape index (κ3) is 3.82. The molecule has 0 fully saturated rings. The minimum absolute atomic E-state index is 0.0685. The smallest absolute Gasteiger partial charge is 0.0662 e. The van der Waals surface area contributed by atoms with Crippen LogP contribution in [0.3, 0.4) is 0 Å². The van der Waals surface area contributed by atoms with Gasteiger partial charge in [0.25, 0.3) is 0 Å². The van der Waals surface area contributed by atoms with Gasteiger partial charge in [0, 0.05) is 17.1 Å². The topological polar surface area (TPSA) is 32.3 Å². The lowest BCUT2D eigenvalue weighted by atomic mass is 10.1. The molecule has 1 aromatic carbocycles. The normalized spacial score (nSPS) is 17.1. The number of aliphatic hydroxyl groups is 1. The van der Waals surface area contributed by atoms with Crippen molar-refractivity contribution in [1.82, 2.24) is 5.32 Å². The van der Waals surface area contributed by atoms with Gasteiger partial charge in [-0.25, -0.2) is 0 Å². The van der Waals surface area contributed by atoms with Crippen LogP contribution in [-0.4, -0.2) is 17.3 Å². The Morgan fingerprint density at radius 3 is 2.47 bits per heavy atom. The van der Waals surface area contributed by atoms with Crippen molar-refractivity contribution >= 4 is 11.6 Å². The quantitative estimate of drug-likeness (QED) is 0.829. The van der Waals surface area contributed by atoms with Crippen molar-refractivity contribution in [3.8, 4) is 0 Å². The molecular formula is C12H18ClNO. The fourth-order valence-electron chi connectivity index (χ4n) is 1.41. The molecule has 2 N–H and O–H groups in total. The SMILES string of the molecule is CC(O)C(C)N[C@@H](C)c1cccc(Cl)c1. The number of benzene rings is 1. The molecular weight excluding hydrogens is 210 g/mol. The number of halogens is 1. The van der Waals surface area contributed by atoms with Gasteiger partial charge in [0.05, 0.1) is 6.10 Å². The monoisotopic (exact) mass is 227 g/mol. The molecule has 0 saturated carbocycles. The highest BCUT2D eigenvalue weighted by Gasteiger charge is 2.13. The van der Waals surface area contributed by atoms with Gasteiger partial charge in [-0.3, -0.25) is 0 Å². The molecule has 0 amide bonds. The Labute approximate surface area is 96.3 Å². The fourth-order valence-corrected chi connectivity index (χ4v) is 1.60. The predicted octanol–water partition coefficient (Wildman–Crippen LogP) is 2.76. The highest BCUT2D eigenvalue weighted by atomic mass is 35.5. The lowest BCUT2D eigenvalue weighted by Gasteiger charge is -2.22. The van der Waals surface area contributed by atoms with E-state index >= 15 is 0 Å². The summed E-state index contributed by atoms with van der Waals surface area (Å²) in [6.07, 6.45) is -0.355. The van der Waals surface area contributed by atoms with Gasteiger partial charge in [0.15, 0.2) is 0 Å². The largest absolute Gasteiger partial charge is 0.392 e. The van der Waals surface area contributed by atoms with Gasteiger partial charge in [-0.15, -0.1) is 0 Å². The fraction of sp³-hybridized carbons (Fsp3) is 0.500. The molecule has 1 rings (SSSR count). The second-order valence-electron chi connectivity index (χ2n) is 3.97. The molecule has 0 bridgehead atoms. The zero-order valence-corrected chi connectivity index (χ0v) is 10.1. The van der Waals surface area contributed by atoms with Gasteiger partial charge >= 0.3 is 0 Å². The van der Waals surface area contributed by atoms with Crippen LogP contribution in [0.1, 0.15) is 32.4 Å². The van der Waals surface area contributed by atoms with E-state index in [1.165, 1.54) is 0 Å². The van der Waals surface area contributed by atoms with E-state index in [2.05, 4.69) is 12.2 Å². The van der Waals surface area contributed by atoms with Crippen molar-refractivity contribution in [2.45, 2.75) is 39.0 Å². The average molecular weight is 228 g/mol. The van der Waals surface area contributed by atoms with Crippen molar-refractivity contribution in [3.05, 3.63) is 34.9 Å². The molecule has 2 unspecified atom stereocenters. The first-order valence-electron chi connectivity index (χ1n) is 5.20. The van der Waals surface area contributed by atoms with E-state index in [0.717, 1.165) is 10.6 Å². The Morgan fingerprint density at radius 1 is 1.27 bits per heavy atom. The number of hydrogen-bond acceptors (Lipinski definition) is 2. The molecule has 3 heteroatoms. The molecule has 84 valence electrons. The summed E-state index contributed by atoms with van der Waals surface area (Å²) in [5.74, 6) is 0. The van der Waals surface area contributed by atoms with Gasteiger partial charge in [0.1, 0.15) is 0 Å². The Bertz CT molecular complexity index is 314. The molecule has 0 aliphatic heterocycles. The standard InChI is InChI=1S/C12H18ClNO/c1-8(10(3)15)14-9(2)11-5-4-6-12(13)7-11/h4-10,14-15H,1-3H3/t8?,9-,10?/m0/s1. The highest BCUT2D eigenvalue weighted by molar-refractivity contribution is 6.30. The summed E-state index contributed by atoms with van der Waals surface area (Å²) in [6, 6.07) is 8.01. The zero-order valence-electron chi connectivity index (χ0n) is 9.37. The summed E-state index contributed by atoms with van der Waals surface area (Å²) in [5.41, 5.74) is 1.13. The van der Waals surface area contributed by atoms with E-state index < -0.39 is 0 Å². The molecule has 0 heterocycles. The molecule has 1 aromatic rings. The summed E-state index contributed by atoms with van der Waals surface area (Å²) in [5, 5.41) is 13.4. The Morgan fingerprint density at radius 2 is 1.93 bits per heavy atom. The maximum atomic E-state index is 9.38. The molecule has 0 aliphatic rings. The van der Waals surface area contributed by atoms with Gasteiger partial charge < -0.3 is 10.4 Å². The summed E-state index contributed by atoms with van der Waals surface area (Å²) in [6.45, 7) is 5.80. The van der Waals surface area contributed by atoms with Gasteiger partial charge in [-0.05, 0) is 38.5 Å². The van der Waals surface area contributed by atoms with Crippen LogP contribution in [-0.2, 0) is 0 Å². The molecule has 2 nitrogen and oxygen atoms in total. The summed E-state index contributed by atoms with van der Waals surface area (Å²) in [7, 11) is 0. The number of hydrogen-bond donors (Lipinski definition) is 2. The van der Waals surface area contributed by atoms with Gasteiger partial charge in [-0.2, -0.15) is 0 Å². The molecule has 0 aromatic heterocycles. The zero-order chi connectivity index (χ0) is 11.4. The first-order chi connectivity index (χ1) is 7.00. The van der Waals surface area contributed by atoms with Crippen LogP contribution in [0.25, 0.3) is 0 Å². The van der Waals surface area contributed by atoms with E-state index in [0.29, 0.717) is 0 Å². The third-order valence-electron chi connectivity index (χ3n) is 2.59. The van der Waals surface area contributed by atoms with Crippen LogP contribution in [0.15, 0.2) is 24.3 Å². The Balaban J connectivity index is 2.64. The van der Waals surface area contributed by atoms with E-state index in [9.17, 15) is 5.11 Å². The molecule has 0 saturated heterocycles. The van der Waals surface area contributed by atoms with E-state index in [1.807, 2.05) is 31.2 Å². The summed E-state index contributed by atoms with van der Waals surface area (Å²) >= 11 is 5.91. The van der Waals surface area contributed by atoms with Crippen LogP contribution in [0.4, 0.5) is 0 Å². The van der Waals surface area contributed by atoms with Crippen LogP contribution in [0.5, 0.6) is 0 Å². The second-order valence-corrected chi connectivity index (χ2v) is 4.41. The molecule has 0 spiro atoms. The molecule has 15 heavy (non-hydrogen) atoms.